The molecule has 0 atom stereocenters. The van der Waals surface area contributed by atoms with Gasteiger partial charge >= 0.3 is 0 Å². The van der Waals surface area contributed by atoms with Crippen LogP contribution in [0.3, 0.4) is 0 Å². The average molecular weight is 243 g/mol. The predicted molar refractivity (Wildman–Crippen MR) is 56.1 cm³/mol. The maximum Gasteiger partial charge on any atom is 0.266 e. The number of aromatic nitrogens is 3. The first-order valence-corrected chi connectivity index (χ1v) is 6.07. The van der Waals surface area contributed by atoms with Crippen molar-refractivity contribution < 1.29 is 12.8 Å². The van der Waals surface area contributed by atoms with E-state index in [0.717, 1.165) is 0 Å². The van der Waals surface area contributed by atoms with Crippen LogP contribution in [-0.2, 0) is 10.0 Å². The zero-order valence-corrected chi connectivity index (χ0v) is 8.94. The van der Waals surface area contributed by atoms with Crippen LogP contribution in [0.25, 0.3) is 11.4 Å². The van der Waals surface area contributed by atoms with Gasteiger partial charge in [-0.1, -0.05) is 0 Å². The lowest BCUT2D eigenvalue weighted by Crippen LogP contribution is -2.22. The van der Waals surface area contributed by atoms with Crippen molar-refractivity contribution in [1.29, 1.82) is 0 Å². The van der Waals surface area contributed by atoms with Gasteiger partial charge < -0.3 is 9.73 Å². The van der Waals surface area contributed by atoms with Crippen LogP contribution in [0.2, 0.25) is 0 Å². The lowest BCUT2D eigenvalue weighted by Gasteiger charge is -2.02. The molecule has 0 radical (unpaired) electrons. The Bertz CT molecular complexity index is 593. The number of nitrogens with zero attached hydrogens (tertiary/aromatic N) is 3. The van der Waals surface area contributed by atoms with Crippen LogP contribution >= 0.6 is 0 Å². The smallest absolute Gasteiger partial charge is 0.266 e. The highest BCUT2D eigenvalue weighted by Crippen LogP contribution is 2.09. The van der Waals surface area contributed by atoms with E-state index >= 15 is 0 Å². The first-order chi connectivity index (χ1) is 7.54. The molecule has 8 nitrogen and oxygen atoms in total. The third kappa shape index (κ3) is 2.64. The van der Waals surface area contributed by atoms with E-state index in [1.165, 1.54) is 12.6 Å². The topological polar surface area (TPSA) is 124 Å². The lowest BCUT2D eigenvalue weighted by molar-refractivity contribution is 0.590. The van der Waals surface area contributed by atoms with Crippen molar-refractivity contribution in [2.75, 3.05) is 17.6 Å². The summed E-state index contributed by atoms with van der Waals surface area (Å²) in [5.74, 6) is 0.246. The van der Waals surface area contributed by atoms with Gasteiger partial charge in [0.1, 0.15) is 5.82 Å². The SMILES string of the molecule is NS(=O)(=O)CCNc1cnc2ocnc2n1. The van der Waals surface area contributed by atoms with E-state index in [4.69, 9.17) is 9.56 Å². The van der Waals surface area contributed by atoms with E-state index < -0.39 is 10.0 Å². The fraction of sp³-hybridized carbons (Fsp3) is 0.286. The van der Waals surface area contributed by atoms with Gasteiger partial charge in [-0.15, -0.1) is 0 Å². The Kier molecular flexibility index (Phi) is 2.71. The minimum atomic E-state index is -3.47. The second kappa shape index (κ2) is 4.02. The molecule has 2 aromatic rings. The van der Waals surface area contributed by atoms with Gasteiger partial charge in [0.15, 0.2) is 6.39 Å². The molecule has 2 heterocycles. The van der Waals surface area contributed by atoms with Crippen LogP contribution in [0, 0.1) is 0 Å². The molecule has 0 aliphatic heterocycles. The molecule has 0 saturated heterocycles. The van der Waals surface area contributed by atoms with E-state index in [0.29, 0.717) is 17.2 Å². The quantitative estimate of drug-likeness (QED) is 0.728. The van der Waals surface area contributed by atoms with Crippen molar-refractivity contribution in [3.8, 4) is 0 Å². The highest BCUT2D eigenvalue weighted by atomic mass is 32.2. The molecule has 86 valence electrons. The highest BCUT2D eigenvalue weighted by molar-refractivity contribution is 7.89. The van der Waals surface area contributed by atoms with Gasteiger partial charge in [0, 0.05) is 6.54 Å². The molecule has 0 aromatic carbocycles. The van der Waals surface area contributed by atoms with Crippen LogP contribution in [0.5, 0.6) is 0 Å². The number of hydrogen-bond donors (Lipinski definition) is 2. The molecular formula is C7H9N5O3S. The van der Waals surface area contributed by atoms with E-state index in [1.807, 2.05) is 0 Å². The van der Waals surface area contributed by atoms with Gasteiger partial charge in [0.05, 0.1) is 11.9 Å². The Hall–Kier alpha value is -1.74. The maximum atomic E-state index is 10.7. The highest BCUT2D eigenvalue weighted by Gasteiger charge is 2.05. The predicted octanol–water partition coefficient (Wildman–Crippen LogP) is -0.682. The summed E-state index contributed by atoms with van der Waals surface area (Å²) in [5, 5.41) is 7.61. The zero-order valence-electron chi connectivity index (χ0n) is 8.12. The molecule has 3 N–H and O–H groups in total. The molecule has 0 spiro atoms. The normalized spacial score (nSPS) is 11.8. The van der Waals surface area contributed by atoms with Crippen LogP contribution in [-0.4, -0.2) is 35.7 Å². The summed E-state index contributed by atoms with van der Waals surface area (Å²) >= 11 is 0. The molecule has 0 aliphatic carbocycles. The zero-order chi connectivity index (χ0) is 11.6. The summed E-state index contributed by atoms with van der Waals surface area (Å²) in [5.41, 5.74) is 0.692. The number of oxazole rings is 1. The largest absolute Gasteiger partial charge is 0.424 e. The third-order valence-electron chi connectivity index (χ3n) is 1.75. The molecule has 0 saturated carbocycles. The Morgan fingerprint density at radius 1 is 1.44 bits per heavy atom. The summed E-state index contributed by atoms with van der Waals surface area (Å²) in [6.07, 6.45) is 2.66. The van der Waals surface area contributed by atoms with Crippen LogP contribution < -0.4 is 10.5 Å². The number of anilines is 1. The summed E-state index contributed by atoms with van der Waals surface area (Å²) in [6, 6.07) is 0. The van der Waals surface area contributed by atoms with Crippen molar-refractivity contribution >= 4 is 27.2 Å². The van der Waals surface area contributed by atoms with Crippen molar-refractivity contribution in [1.82, 2.24) is 15.0 Å². The molecule has 0 aliphatic rings. The Morgan fingerprint density at radius 2 is 2.25 bits per heavy atom. The van der Waals surface area contributed by atoms with Gasteiger partial charge in [-0.3, -0.25) is 0 Å². The summed E-state index contributed by atoms with van der Waals surface area (Å²) in [7, 11) is -3.47. The van der Waals surface area contributed by atoms with Crippen molar-refractivity contribution in [2.24, 2.45) is 5.14 Å². The molecule has 0 fully saturated rings. The number of rotatable bonds is 4. The van der Waals surface area contributed by atoms with Crippen molar-refractivity contribution in [2.45, 2.75) is 0 Å². The van der Waals surface area contributed by atoms with Gasteiger partial charge in [-0.25, -0.2) is 23.5 Å². The maximum absolute atomic E-state index is 10.7. The fourth-order valence-electron chi connectivity index (χ4n) is 1.07. The Labute approximate surface area is 90.9 Å². The minimum Gasteiger partial charge on any atom is -0.424 e. The average Bonchev–Trinajstić information content (AvgIpc) is 2.62. The van der Waals surface area contributed by atoms with Gasteiger partial charge in [-0.05, 0) is 0 Å². The minimum absolute atomic E-state index is 0.164. The second-order valence-corrected chi connectivity index (χ2v) is 4.76. The molecular weight excluding hydrogens is 234 g/mol. The van der Waals surface area contributed by atoms with Gasteiger partial charge in [0.25, 0.3) is 5.71 Å². The molecule has 0 amide bonds. The van der Waals surface area contributed by atoms with E-state index in [2.05, 4.69) is 20.3 Å². The van der Waals surface area contributed by atoms with Gasteiger partial charge in [-0.2, -0.15) is 4.98 Å². The second-order valence-electron chi connectivity index (χ2n) is 3.03. The molecule has 0 bridgehead atoms. The number of sulfonamides is 1. The number of nitrogens with one attached hydrogen (secondary N) is 1. The Balaban J connectivity index is 2.04. The van der Waals surface area contributed by atoms with Crippen LogP contribution in [0.4, 0.5) is 5.82 Å². The molecule has 0 unspecified atom stereocenters. The van der Waals surface area contributed by atoms with E-state index in [9.17, 15) is 8.42 Å². The summed E-state index contributed by atoms with van der Waals surface area (Å²) in [6.45, 7) is 0.164. The van der Waals surface area contributed by atoms with E-state index in [1.54, 1.807) is 0 Å². The first-order valence-electron chi connectivity index (χ1n) is 4.35. The first kappa shape index (κ1) is 10.8. The number of primary sulfonamides is 1. The number of nitrogens with two attached hydrogens (primary N) is 1. The van der Waals surface area contributed by atoms with Crippen LogP contribution in [0.1, 0.15) is 0 Å². The number of hydrogen-bond acceptors (Lipinski definition) is 7. The standard InChI is InChI=1S/C7H9N5O3S/c8-16(13,14)2-1-9-5-3-10-7-6(12-5)11-4-15-7/h3-4H,1-2H2,(H,9,12)(H2,8,13,14). The summed E-state index contributed by atoms with van der Waals surface area (Å²) < 4.78 is 26.2. The number of fused-ring (bicyclic) bond motifs is 1. The van der Waals surface area contributed by atoms with E-state index in [-0.39, 0.29) is 12.3 Å². The lowest BCUT2D eigenvalue weighted by atomic mass is 10.6. The Morgan fingerprint density at radius 3 is 3.00 bits per heavy atom. The third-order valence-corrected chi connectivity index (χ3v) is 2.53. The van der Waals surface area contributed by atoms with Crippen LogP contribution in [0.15, 0.2) is 17.0 Å². The molecule has 2 rings (SSSR count). The molecule has 2 aromatic heterocycles. The fourth-order valence-corrected chi connectivity index (χ4v) is 1.45. The summed E-state index contributed by atoms with van der Waals surface area (Å²) in [4.78, 5) is 11.8. The molecule has 16 heavy (non-hydrogen) atoms. The van der Waals surface area contributed by atoms with Gasteiger partial charge in [0.2, 0.25) is 15.7 Å². The van der Waals surface area contributed by atoms with Crippen molar-refractivity contribution in [3.63, 3.8) is 0 Å². The molecule has 9 heteroatoms. The monoisotopic (exact) mass is 243 g/mol. The van der Waals surface area contributed by atoms with Crippen molar-refractivity contribution in [3.05, 3.63) is 12.6 Å².